The summed E-state index contributed by atoms with van der Waals surface area (Å²) in [6.45, 7) is 0.596. The van der Waals surface area contributed by atoms with Crippen LogP contribution in [0.4, 0.5) is 0 Å². The number of benzene rings is 2. The molecule has 2 aromatic carbocycles. The number of imidazole rings is 1. The zero-order valence-corrected chi connectivity index (χ0v) is 15.3. The van der Waals surface area contributed by atoms with Gasteiger partial charge in [-0.15, -0.1) is 0 Å². The van der Waals surface area contributed by atoms with Crippen LogP contribution in [0.5, 0.6) is 5.75 Å². The van der Waals surface area contributed by atoms with Crippen molar-refractivity contribution in [3.63, 3.8) is 0 Å². The molecule has 1 amide bonds. The lowest BCUT2D eigenvalue weighted by molar-refractivity contribution is -0.123. The molecule has 1 saturated heterocycles. The number of hydrazine groups is 1. The highest BCUT2D eigenvalue weighted by Gasteiger charge is 2.32. The van der Waals surface area contributed by atoms with Gasteiger partial charge in [0.25, 0.3) is 0 Å². The minimum Gasteiger partial charge on any atom is -0.508 e. The zero-order valence-electron chi connectivity index (χ0n) is 15.3. The molecule has 7 nitrogen and oxygen atoms in total. The third kappa shape index (κ3) is 4.05. The number of amides is 1. The SMILES string of the molecule is O=C(NC(Cn1ccnc1)c1ccccc1)C1CC(c2ccccc2O)NN1. The van der Waals surface area contributed by atoms with Crippen molar-refractivity contribution >= 4 is 5.91 Å². The van der Waals surface area contributed by atoms with Crippen LogP contribution in [0.15, 0.2) is 73.3 Å². The van der Waals surface area contributed by atoms with E-state index in [0.29, 0.717) is 13.0 Å². The quantitative estimate of drug-likeness (QED) is 0.528. The lowest BCUT2D eigenvalue weighted by atomic mass is 10.00. The van der Waals surface area contributed by atoms with Crippen LogP contribution in [0.1, 0.15) is 29.6 Å². The molecule has 0 spiro atoms. The lowest BCUT2D eigenvalue weighted by Gasteiger charge is -2.21. The molecule has 4 N–H and O–H groups in total. The maximum atomic E-state index is 12.9. The average Bonchev–Trinajstić information content (AvgIpc) is 3.41. The molecule has 0 aliphatic carbocycles. The minimum atomic E-state index is -0.390. The summed E-state index contributed by atoms with van der Waals surface area (Å²) in [5.41, 5.74) is 7.99. The molecule has 7 heteroatoms. The molecule has 28 heavy (non-hydrogen) atoms. The van der Waals surface area contributed by atoms with Gasteiger partial charge in [0.2, 0.25) is 5.91 Å². The Labute approximate surface area is 163 Å². The van der Waals surface area contributed by atoms with Crippen molar-refractivity contribution in [2.24, 2.45) is 0 Å². The van der Waals surface area contributed by atoms with Crippen LogP contribution in [0, 0.1) is 0 Å². The standard InChI is InChI=1S/C21H23N5O2/c27-20-9-5-4-8-16(20)17-12-18(25-24-17)21(28)23-19(13-26-11-10-22-14-26)15-6-2-1-3-7-15/h1-11,14,17-19,24-25,27H,12-13H2,(H,23,28). The van der Waals surface area contributed by atoms with E-state index in [2.05, 4.69) is 21.2 Å². The van der Waals surface area contributed by atoms with E-state index in [-0.39, 0.29) is 23.7 Å². The first-order chi connectivity index (χ1) is 13.7. The minimum absolute atomic E-state index is 0.0839. The van der Waals surface area contributed by atoms with E-state index < -0.39 is 6.04 Å². The molecule has 144 valence electrons. The fourth-order valence-electron chi connectivity index (χ4n) is 3.51. The van der Waals surface area contributed by atoms with E-state index in [4.69, 9.17) is 0 Å². The summed E-state index contributed by atoms with van der Waals surface area (Å²) in [5, 5.41) is 13.2. The van der Waals surface area contributed by atoms with Crippen LogP contribution in [0.25, 0.3) is 0 Å². The molecule has 3 unspecified atom stereocenters. The summed E-state index contributed by atoms with van der Waals surface area (Å²) in [5.74, 6) is 0.143. The molecular weight excluding hydrogens is 354 g/mol. The number of hydrogen-bond acceptors (Lipinski definition) is 5. The van der Waals surface area contributed by atoms with Gasteiger partial charge in [-0.3, -0.25) is 4.79 Å². The molecule has 2 heterocycles. The number of phenolic OH excluding ortho intramolecular Hbond substituents is 1. The molecule has 0 saturated carbocycles. The monoisotopic (exact) mass is 377 g/mol. The third-order valence-electron chi connectivity index (χ3n) is 5.00. The Hall–Kier alpha value is -3.16. The number of phenols is 1. The number of aromatic nitrogens is 2. The summed E-state index contributed by atoms with van der Waals surface area (Å²) in [7, 11) is 0. The van der Waals surface area contributed by atoms with E-state index in [0.717, 1.165) is 11.1 Å². The number of nitrogens with zero attached hydrogens (tertiary/aromatic N) is 2. The largest absolute Gasteiger partial charge is 0.508 e. The molecule has 0 bridgehead atoms. The molecule has 1 fully saturated rings. The van der Waals surface area contributed by atoms with Crippen molar-refractivity contribution in [3.8, 4) is 5.75 Å². The van der Waals surface area contributed by atoms with Gasteiger partial charge in [-0.25, -0.2) is 15.8 Å². The van der Waals surface area contributed by atoms with Crippen LogP contribution in [0.3, 0.4) is 0 Å². The van der Waals surface area contributed by atoms with E-state index in [1.54, 1.807) is 24.7 Å². The molecule has 1 aromatic heterocycles. The summed E-state index contributed by atoms with van der Waals surface area (Å²) in [6.07, 6.45) is 5.90. The van der Waals surface area contributed by atoms with Gasteiger partial charge in [-0.1, -0.05) is 48.5 Å². The molecule has 0 radical (unpaired) electrons. The van der Waals surface area contributed by atoms with Crippen LogP contribution in [0.2, 0.25) is 0 Å². The summed E-state index contributed by atoms with van der Waals surface area (Å²) < 4.78 is 1.95. The second kappa shape index (κ2) is 8.24. The second-order valence-electron chi connectivity index (χ2n) is 6.92. The van der Waals surface area contributed by atoms with Gasteiger partial charge in [0.1, 0.15) is 11.8 Å². The van der Waals surface area contributed by atoms with Crippen molar-refractivity contribution in [3.05, 3.63) is 84.4 Å². The van der Waals surface area contributed by atoms with Crippen molar-refractivity contribution < 1.29 is 9.90 Å². The number of carbonyl (C=O) groups excluding carboxylic acids is 1. The maximum absolute atomic E-state index is 12.9. The Morgan fingerprint density at radius 2 is 1.96 bits per heavy atom. The number of para-hydroxylation sites is 1. The topological polar surface area (TPSA) is 91.2 Å². The summed E-state index contributed by atoms with van der Waals surface area (Å²) in [6, 6.07) is 16.4. The molecule has 3 aromatic rings. The Bertz CT molecular complexity index is 914. The summed E-state index contributed by atoms with van der Waals surface area (Å²) >= 11 is 0. The van der Waals surface area contributed by atoms with Crippen LogP contribution >= 0.6 is 0 Å². The van der Waals surface area contributed by atoms with Gasteiger partial charge in [0.05, 0.1) is 18.4 Å². The van der Waals surface area contributed by atoms with E-state index in [9.17, 15) is 9.90 Å². The van der Waals surface area contributed by atoms with Gasteiger partial charge in [-0.05, 0) is 18.1 Å². The van der Waals surface area contributed by atoms with Crippen molar-refractivity contribution in [2.75, 3.05) is 0 Å². The Morgan fingerprint density at radius 3 is 2.71 bits per heavy atom. The van der Waals surface area contributed by atoms with E-state index in [1.165, 1.54) is 0 Å². The highest BCUT2D eigenvalue weighted by Crippen LogP contribution is 2.29. The highest BCUT2D eigenvalue weighted by molar-refractivity contribution is 5.82. The van der Waals surface area contributed by atoms with Crippen LogP contribution in [-0.2, 0) is 11.3 Å². The van der Waals surface area contributed by atoms with Gasteiger partial charge in [0.15, 0.2) is 0 Å². The molecule has 4 rings (SSSR count). The number of aromatic hydroxyl groups is 1. The average molecular weight is 377 g/mol. The van der Waals surface area contributed by atoms with Gasteiger partial charge < -0.3 is 15.0 Å². The van der Waals surface area contributed by atoms with Gasteiger partial charge >= 0.3 is 0 Å². The predicted molar refractivity (Wildman–Crippen MR) is 105 cm³/mol. The first-order valence-corrected chi connectivity index (χ1v) is 9.30. The third-order valence-corrected chi connectivity index (χ3v) is 5.00. The van der Waals surface area contributed by atoms with Crippen LogP contribution in [-0.4, -0.2) is 26.6 Å². The molecule has 1 aliphatic heterocycles. The van der Waals surface area contributed by atoms with Crippen molar-refractivity contribution in [2.45, 2.75) is 31.1 Å². The number of carbonyl (C=O) groups is 1. The molecular formula is C21H23N5O2. The van der Waals surface area contributed by atoms with Gasteiger partial charge in [-0.2, -0.15) is 0 Å². The zero-order chi connectivity index (χ0) is 19.3. The van der Waals surface area contributed by atoms with E-state index in [1.807, 2.05) is 53.2 Å². The number of nitrogens with one attached hydrogen (secondary N) is 3. The lowest BCUT2D eigenvalue weighted by Crippen LogP contribution is -2.45. The van der Waals surface area contributed by atoms with Crippen LogP contribution < -0.4 is 16.2 Å². The maximum Gasteiger partial charge on any atom is 0.239 e. The highest BCUT2D eigenvalue weighted by atomic mass is 16.3. The Morgan fingerprint density at radius 1 is 1.18 bits per heavy atom. The van der Waals surface area contributed by atoms with Crippen molar-refractivity contribution in [1.82, 2.24) is 25.7 Å². The van der Waals surface area contributed by atoms with E-state index >= 15 is 0 Å². The predicted octanol–water partition coefficient (Wildman–Crippen LogP) is 2.05. The van der Waals surface area contributed by atoms with Gasteiger partial charge in [0, 0.05) is 24.5 Å². The summed E-state index contributed by atoms with van der Waals surface area (Å²) in [4.78, 5) is 17.0. The number of hydrogen-bond donors (Lipinski definition) is 4. The molecule has 3 atom stereocenters. The fourth-order valence-corrected chi connectivity index (χ4v) is 3.51. The van der Waals surface area contributed by atoms with Crippen molar-refractivity contribution in [1.29, 1.82) is 0 Å². The number of rotatable bonds is 6. The Kier molecular flexibility index (Phi) is 5.36. The Balaban J connectivity index is 1.45. The molecule has 1 aliphatic rings. The normalized spacial score (nSPS) is 20.0. The fraction of sp³-hybridized carbons (Fsp3) is 0.238. The first-order valence-electron chi connectivity index (χ1n) is 9.30. The second-order valence-corrected chi connectivity index (χ2v) is 6.92. The smallest absolute Gasteiger partial charge is 0.239 e. The first kappa shape index (κ1) is 18.2.